The third-order valence-corrected chi connectivity index (χ3v) is 3.28. The van der Waals surface area contributed by atoms with Crippen LogP contribution in [0.25, 0.3) is 0 Å². The molecule has 2 rings (SSSR count). The van der Waals surface area contributed by atoms with E-state index in [0.717, 1.165) is 17.8 Å². The molecule has 0 aliphatic rings. The highest BCUT2D eigenvalue weighted by molar-refractivity contribution is 5.08. The summed E-state index contributed by atoms with van der Waals surface area (Å²) < 4.78 is 5.11. The van der Waals surface area contributed by atoms with Gasteiger partial charge in [0, 0.05) is 30.4 Å². The van der Waals surface area contributed by atoms with Crippen LogP contribution in [0.15, 0.2) is 47.4 Å². The SMILES string of the molecule is CC(C)(CO)N(Cc1ccoc1)Cc1ccccn1. The van der Waals surface area contributed by atoms with Crippen molar-refractivity contribution in [3.05, 3.63) is 54.2 Å². The van der Waals surface area contributed by atoms with E-state index >= 15 is 0 Å². The van der Waals surface area contributed by atoms with Crippen LogP contribution in [-0.4, -0.2) is 27.1 Å². The summed E-state index contributed by atoms with van der Waals surface area (Å²) in [6.07, 6.45) is 5.19. The molecule has 2 aromatic rings. The largest absolute Gasteiger partial charge is 0.472 e. The number of aliphatic hydroxyl groups is 1. The number of furan rings is 1. The van der Waals surface area contributed by atoms with Crippen LogP contribution in [-0.2, 0) is 13.1 Å². The Kier molecular flexibility index (Phi) is 4.35. The van der Waals surface area contributed by atoms with Crippen LogP contribution < -0.4 is 0 Å². The number of hydrogen-bond donors (Lipinski definition) is 1. The molecule has 0 bridgehead atoms. The van der Waals surface area contributed by atoms with E-state index in [4.69, 9.17) is 4.42 Å². The van der Waals surface area contributed by atoms with E-state index in [1.807, 2.05) is 38.1 Å². The lowest BCUT2D eigenvalue weighted by Crippen LogP contribution is -2.45. The van der Waals surface area contributed by atoms with Gasteiger partial charge in [-0.2, -0.15) is 0 Å². The Morgan fingerprint density at radius 3 is 2.68 bits per heavy atom. The smallest absolute Gasteiger partial charge is 0.0947 e. The monoisotopic (exact) mass is 260 g/mol. The lowest BCUT2D eigenvalue weighted by molar-refractivity contribution is 0.0429. The van der Waals surface area contributed by atoms with Crippen LogP contribution in [0.3, 0.4) is 0 Å². The lowest BCUT2D eigenvalue weighted by atomic mass is 10.0. The van der Waals surface area contributed by atoms with Crippen molar-refractivity contribution in [2.24, 2.45) is 0 Å². The van der Waals surface area contributed by atoms with E-state index in [0.29, 0.717) is 6.54 Å². The van der Waals surface area contributed by atoms with Crippen LogP contribution in [0.5, 0.6) is 0 Å². The standard InChI is InChI=1S/C15H20N2O2/c1-15(2,12-18)17(9-13-6-8-19-11-13)10-14-5-3-4-7-16-14/h3-8,11,18H,9-10,12H2,1-2H3. The molecule has 0 atom stereocenters. The van der Waals surface area contributed by atoms with Crippen LogP contribution in [0, 0.1) is 0 Å². The van der Waals surface area contributed by atoms with Gasteiger partial charge < -0.3 is 9.52 Å². The maximum atomic E-state index is 9.59. The van der Waals surface area contributed by atoms with Gasteiger partial charge in [-0.1, -0.05) is 6.07 Å². The molecular weight excluding hydrogens is 240 g/mol. The van der Waals surface area contributed by atoms with Crippen molar-refractivity contribution < 1.29 is 9.52 Å². The average Bonchev–Trinajstić information content (AvgIpc) is 2.92. The Balaban J connectivity index is 2.15. The van der Waals surface area contributed by atoms with E-state index in [1.54, 1.807) is 18.7 Å². The fourth-order valence-corrected chi connectivity index (χ4v) is 1.87. The van der Waals surface area contributed by atoms with E-state index in [2.05, 4.69) is 9.88 Å². The summed E-state index contributed by atoms with van der Waals surface area (Å²) >= 11 is 0. The topological polar surface area (TPSA) is 49.5 Å². The van der Waals surface area contributed by atoms with Gasteiger partial charge in [0.15, 0.2) is 0 Å². The number of aliphatic hydroxyl groups excluding tert-OH is 1. The first-order valence-electron chi connectivity index (χ1n) is 6.39. The summed E-state index contributed by atoms with van der Waals surface area (Å²) in [6.45, 7) is 5.56. The molecule has 2 heterocycles. The Morgan fingerprint density at radius 2 is 2.11 bits per heavy atom. The van der Waals surface area contributed by atoms with Gasteiger partial charge in [0.05, 0.1) is 24.8 Å². The summed E-state index contributed by atoms with van der Waals surface area (Å²) in [5, 5.41) is 9.59. The van der Waals surface area contributed by atoms with Crippen molar-refractivity contribution in [3.8, 4) is 0 Å². The Bertz CT molecular complexity index is 480. The maximum Gasteiger partial charge on any atom is 0.0947 e. The van der Waals surface area contributed by atoms with E-state index < -0.39 is 0 Å². The highest BCUT2D eigenvalue weighted by Crippen LogP contribution is 2.20. The van der Waals surface area contributed by atoms with Gasteiger partial charge in [-0.25, -0.2) is 0 Å². The van der Waals surface area contributed by atoms with E-state index in [1.165, 1.54) is 0 Å². The Hall–Kier alpha value is -1.65. The first kappa shape index (κ1) is 13.8. The van der Waals surface area contributed by atoms with Crippen molar-refractivity contribution >= 4 is 0 Å². The van der Waals surface area contributed by atoms with Crippen molar-refractivity contribution in [2.75, 3.05) is 6.61 Å². The van der Waals surface area contributed by atoms with Gasteiger partial charge in [-0.3, -0.25) is 9.88 Å². The van der Waals surface area contributed by atoms with E-state index in [9.17, 15) is 5.11 Å². The molecule has 0 aromatic carbocycles. The third kappa shape index (κ3) is 3.66. The van der Waals surface area contributed by atoms with Crippen molar-refractivity contribution in [2.45, 2.75) is 32.5 Å². The minimum absolute atomic E-state index is 0.0949. The molecule has 0 amide bonds. The van der Waals surface area contributed by atoms with Crippen molar-refractivity contribution in [1.29, 1.82) is 0 Å². The highest BCUT2D eigenvalue weighted by atomic mass is 16.3. The predicted octanol–water partition coefficient (Wildman–Crippen LogP) is 2.45. The van der Waals surface area contributed by atoms with Crippen LogP contribution in [0.2, 0.25) is 0 Å². The number of nitrogens with zero attached hydrogens (tertiary/aromatic N) is 2. The average molecular weight is 260 g/mol. The van der Waals surface area contributed by atoms with Gasteiger partial charge in [0.2, 0.25) is 0 Å². The zero-order valence-corrected chi connectivity index (χ0v) is 11.4. The van der Waals surface area contributed by atoms with Crippen LogP contribution >= 0.6 is 0 Å². The number of pyridine rings is 1. The zero-order valence-electron chi connectivity index (χ0n) is 11.4. The first-order chi connectivity index (χ1) is 9.12. The molecule has 4 heteroatoms. The molecule has 2 aromatic heterocycles. The summed E-state index contributed by atoms with van der Waals surface area (Å²) in [6, 6.07) is 7.82. The molecule has 1 N–H and O–H groups in total. The normalized spacial score (nSPS) is 12.0. The summed E-state index contributed by atoms with van der Waals surface area (Å²) in [5.74, 6) is 0. The van der Waals surface area contributed by atoms with Crippen LogP contribution in [0.1, 0.15) is 25.1 Å². The minimum atomic E-state index is -0.311. The Morgan fingerprint density at radius 1 is 1.26 bits per heavy atom. The fraction of sp³-hybridized carbons (Fsp3) is 0.400. The number of hydrogen-bond acceptors (Lipinski definition) is 4. The second-order valence-electron chi connectivity index (χ2n) is 5.28. The zero-order chi connectivity index (χ0) is 13.7. The molecule has 0 fully saturated rings. The number of aromatic nitrogens is 1. The lowest BCUT2D eigenvalue weighted by Gasteiger charge is -2.36. The van der Waals surface area contributed by atoms with Gasteiger partial charge >= 0.3 is 0 Å². The van der Waals surface area contributed by atoms with Crippen molar-refractivity contribution in [1.82, 2.24) is 9.88 Å². The molecule has 0 aliphatic carbocycles. The fourth-order valence-electron chi connectivity index (χ4n) is 1.87. The molecule has 0 saturated carbocycles. The van der Waals surface area contributed by atoms with Crippen LogP contribution in [0.4, 0.5) is 0 Å². The molecule has 0 spiro atoms. The minimum Gasteiger partial charge on any atom is -0.472 e. The molecule has 0 saturated heterocycles. The molecule has 102 valence electrons. The summed E-state index contributed by atoms with van der Waals surface area (Å²) in [4.78, 5) is 6.54. The molecule has 4 nitrogen and oxygen atoms in total. The summed E-state index contributed by atoms with van der Waals surface area (Å²) in [7, 11) is 0. The Labute approximate surface area is 113 Å². The van der Waals surface area contributed by atoms with Gasteiger partial charge in [0.1, 0.15) is 0 Å². The second-order valence-corrected chi connectivity index (χ2v) is 5.28. The van der Waals surface area contributed by atoms with Gasteiger partial charge in [-0.05, 0) is 32.0 Å². The molecular formula is C15H20N2O2. The van der Waals surface area contributed by atoms with Crippen molar-refractivity contribution in [3.63, 3.8) is 0 Å². The molecule has 0 radical (unpaired) electrons. The number of rotatable bonds is 6. The van der Waals surface area contributed by atoms with Gasteiger partial charge in [-0.15, -0.1) is 0 Å². The van der Waals surface area contributed by atoms with Gasteiger partial charge in [0.25, 0.3) is 0 Å². The molecule has 0 aliphatic heterocycles. The predicted molar refractivity (Wildman–Crippen MR) is 73.4 cm³/mol. The highest BCUT2D eigenvalue weighted by Gasteiger charge is 2.26. The quantitative estimate of drug-likeness (QED) is 0.866. The first-order valence-corrected chi connectivity index (χ1v) is 6.39. The summed E-state index contributed by atoms with van der Waals surface area (Å²) in [5.41, 5.74) is 1.78. The van der Waals surface area contributed by atoms with E-state index in [-0.39, 0.29) is 12.1 Å². The second kappa shape index (κ2) is 5.99. The maximum absolute atomic E-state index is 9.59. The molecule has 0 unspecified atom stereocenters. The molecule has 19 heavy (non-hydrogen) atoms. The third-order valence-electron chi connectivity index (χ3n) is 3.28.